The van der Waals surface area contributed by atoms with Crippen LogP contribution in [0, 0.1) is 32.1 Å². The van der Waals surface area contributed by atoms with E-state index in [4.69, 9.17) is 9.47 Å². The van der Waals surface area contributed by atoms with E-state index in [1.807, 2.05) is 32.9 Å². The van der Waals surface area contributed by atoms with Gasteiger partial charge in [-0.2, -0.15) is 5.26 Å². The van der Waals surface area contributed by atoms with Crippen LogP contribution in [0.2, 0.25) is 0 Å². The number of carbonyl (C=O) groups excluding carboxylic acids is 1. The molecule has 0 atom stereocenters. The SMILES string of the molecule is COC(=O)c1cc2c(C#N)c(-c3c(C)ccc(OC)c3C)cnc2n1S(=O)(=O)c1ccc(C)cc1. The molecule has 0 aliphatic heterocycles. The highest BCUT2D eigenvalue weighted by Crippen LogP contribution is 2.38. The summed E-state index contributed by atoms with van der Waals surface area (Å²) in [5.41, 5.74) is 3.75. The first-order valence-electron chi connectivity index (χ1n) is 10.6. The molecule has 2 heterocycles. The van der Waals surface area contributed by atoms with Crippen LogP contribution < -0.4 is 4.74 Å². The lowest BCUT2D eigenvalue weighted by Crippen LogP contribution is -2.19. The lowest BCUT2D eigenvalue weighted by Gasteiger charge is -2.15. The molecule has 0 N–H and O–H groups in total. The number of nitrogens with zero attached hydrogens (tertiary/aromatic N) is 3. The molecule has 0 amide bonds. The lowest BCUT2D eigenvalue weighted by atomic mass is 9.92. The summed E-state index contributed by atoms with van der Waals surface area (Å²) in [4.78, 5) is 17.1. The van der Waals surface area contributed by atoms with Crippen molar-refractivity contribution >= 4 is 27.0 Å². The average Bonchev–Trinajstić information content (AvgIpc) is 3.24. The molecule has 0 saturated heterocycles. The van der Waals surface area contributed by atoms with E-state index in [1.165, 1.54) is 24.4 Å². The van der Waals surface area contributed by atoms with Crippen LogP contribution in [0.1, 0.15) is 32.7 Å². The molecular weight excluding hydrogens is 466 g/mol. The lowest BCUT2D eigenvalue weighted by molar-refractivity contribution is 0.0593. The predicted molar refractivity (Wildman–Crippen MR) is 131 cm³/mol. The highest BCUT2D eigenvalue weighted by molar-refractivity contribution is 7.90. The largest absolute Gasteiger partial charge is 0.496 e. The fourth-order valence-electron chi connectivity index (χ4n) is 4.20. The Balaban J connectivity index is 2.09. The third-order valence-electron chi connectivity index (χ3n) is 5.97. The third kappa shape index (κ3) is 3.82. The standard InChI is InChI=1S/C26H23N3O5S/c1-15-6-9-18(10-7-15)35(31,32)29-22(26(30)34-5)12-19-20(13-27)21(14-28-25(19)29)24-16(2)8-11-23(33-4)17(24)3/h6-12,14H,1-5H3. The van der Waals surface area contributed by atoms with Crippen molar-refractivity contribution in [2.75, 3.05) is 14.2 Å². The highest BCUT2D eigenvalue weighted by atomic mass is 32.2. The third-order valence-corrected chi connectivity index (χ3v) is 7.68. The van der Waals surface area contributed by atoms with E-state index in [1.54, 1.807) is 19.2 Å². The molecule has 2 aromatic heterocycles. The number of rotatable bonds is 5. The number of ether oxygens (including phenoxy) is 2. The fraction of sp³-hybridized carbons (Fsp3) is 0.192. The van der Waals surface area contributed by atoms with Gasteiger partial charge in [-0.05, 0) is 61.7 Å². The van der Waals surface area contributed by atoms with Crippen LogP contribution in [0.15, 0.2) is 53.6 Å². The summed E-state index contributed by atoms with van der Waals surface area (Å²) in [5.74, 6) is -0.220. The van der Waals surface area contributed by atoms with Gasteiger partial charge in [-0.1, -0.05) is 23.8 Å². The minimum absolute atomic E-state index is 0.0189. The van der Waals surface area contributed by atoms with Gasteiger partial charge >= 0.3 is 5.97 Å². The quantitative estimate of drug-likeness (QED) is 0.379. The van der Waals surface area contributed by atoms with E-state index in [0.717, 1.165) is 33.3 Å². The number of carbonyl (C=O) groups is 1. The van der Waals surface area contributed by atoms with Gasteiger partial charge in [0, 0.05) is 17.1 Å². The average molecular weight is 490 g/mol. The second-order valence-electron chi connectivity index (χ2n) is 8.08. The Bertz CT molecular complexity index is 1630. The first kappa shape index (κ1) is 24.0. The summed E-state index contributed by atoms with van der Waals surface area (Å²) < 4.78 is 38.4. The van der Waals surface area contributed by atoms with Gasteiger partial charge in [-0.3, -0.25) is 0 Å². The van der Waals surface area contributed by atoms with E-state index in [-0.39, 0.29) is 27.2 Å². The molecule has 0 spiro atoms. The molecule has 8 nitrogen and oxygen atoms in total. The Kier molecular flexibility index (Phi) is 6.09. The molecule has 178 valence electrons. The molecule has 0 saturated carbocycles. The van der Waals surface area contributed by atoms with E-state index < -0.39 is 16.0 Å². The summed E-state index contributed by atoms with van der Waals surface area (Å²) >= 11 is 0. The molecule has 0 fully saturated rings. The Morgan fingerprint density at radius 2 is 1.74 bits per heavy atom. The van der Waals surface area contributed by atoms with E-state index >= 15 is 0 Å². The van der Waals surface area contributed by atoms with Crippen molar-refractivity contribution in [1.82, 2.24) is 8.96 Å². The molecule has 0 aliphatic rings. The fourth-order valence-corrected chi connectivity index (χ4v) is 5.65. The predicted octanol–water partition coefficient (Wildman–Crippen LogP) is 4.53. The first-order valence-corrected chi connectivity index (χ1v) is 12.1. The van der Waals surface area contributed by atoms with Gasteiger partial charge in [-0.15, -0.1) is 0 Å². The maximum Gasteiger partial charge on any atom is 0.355 e. The van der Waals surface area contributed by atoms with Crippen molar-refractivity contribution in [1.29, 1.82) is 5.26 Å². The van der Waals surface area contributed by atoms with Gasteiger partial charge in [0.2, 0.25) is 0 Å². The van der Waals surface area contributed by atoms with Gasteiger partial charge in [-0.25, -0.2) is 22.2 Å². The molecule has 0 radical (unpaired) electrons. The number of fused-ring (bicyclic) bond motifs is 1. The number of methoxy groups -OCH3 is 2. The van der Waals surface area contributed by atoms with Crippen LogP contribution in [0.4, 0.5) is 0 Å². The topological polar surface area (TPSA) is 111 Å². The molecule has 0 aliphatic carbocycles. The van der Waals surface area contributed by atoms with Gasteiger partial charge in [0.1, 0.15) is 17.5 Å². The smallest absolute Gasteiger partial charge is 0.355 e. The van der Waals surface area contributed by atoms with Crippen LogP contribution in [0.5, 0.6) is 5.75 Å². The zero-order valence-electron chi connectivity index (χ0n) is 19.9. The highest BCUT2D eigenvalue weighted by Gasteiger charge is 2.30. The minimum atomic E-state index is -4.23. The zero-order chi connectivity index (χ0) is 25.5. The number of hydrogen-bond acceptors (Lipinski definition) is 7. The Morgan fingerprint density at radius 1 is 1.06 bits per heavy atom. The van der Waals surface area contributed by atoms with E-state index in [2.05, 4.69) is 11.1 Å². The maximum absolute atomic E-state index is 13.6. The molecular formula is C26H23N3O5S. The van der Waals surface area contributed by atoms with Crippen LogP contribution in [0.3, 0.4) is 0 Å². The summed E-state index contributed by atoms with van der Waals surface area (Å²) in [5, 5.41) is 10.4. The van der Waals surface area contributed by atoms with Crippen molar-refractivity contribution in [2.45, 2.75) is 25.7 Å². The molecule has 0 unspecified atom stereocenters. The maximum atomic E-state index is 13.6. The Hall–Kier alpha value is -4.16. The van der Waals surface area contributed by atoms with Gasteiger partial charge in [0.25, 0.3) is 10.0 Å². The molecule has 0 bridgehead atoms. The zero-order valence-corrected chi connectivity index (χ0v) is 20.7. The van der Waals surface area contributed by atoms with Crippen molar-refractivity contribution < 1.29 is 22.7 Å². The second-order valence-corrected chi connectivity index (χ2v) is 9.87. The number of aryl methyl sites for hydroxylation is 2. The second kappa shape index (κ2) is 8.89. The van der Waals surface area contributed by atoms with Crippen molar-refractivity contribution in [3.05, 3.63) is 76.6 Å². The number of hydrogen-bond donors (Lipinski definition) is 0. The van der Waals surface area contributed by atoms with Gasteiger partial charge in [0.05, 0.1) is 24.7 Å². The number of nitriles is 1. The van der Waals surface area contributed by atoms with Crippen LogP contribution in [-0.2, 0) is 14.8 Å². The number of benzene rings is 2. The molecule has 35 heavy (non-hydrogen) atoms. The summed E-state index contributed by atoms with van der Waals surface area (Å²) in [6.45, 7) is 5.62. The number of pyridine rings is 1. The van der Waals surface area contributed by atoms with E-state index in [9.17, 15) is 18.5 Å². The van der Waals surface area contributed by atoms with Crippen LogP contribution in [-0.4, -0.2) is 37.6 Å². The van der Waals surface area contributed by atoms with Crippen LogP contribution in [0.25, 0.3) is 22.2 Å². The van der Waals surface area contributed by atoms with Crippen molar-refractivity contribution in [2.24, 2.45) is 0 Å². The van der Waals surface area contributed by atoms with E-state index in [0.29, 0.717) is 11.3 Å². The summed E-state index contributed by atoms with van der Waals surface area (Å²) in [7, 11) is -1.51. The summed E-state index contributed by atoms with van der Waals surface area (Å²) in [6.07, 6.45) is 1.46. The van der Waals surface area contributed by atoms with Gasteiger partial charge < -0.3 is 9.47 Å². The molecule has 9 heteroatoms. The first-order chi connectivity index (χ1) is 16.6. The number of aromatic nitrogens is 2. The molecule has 4 rings (SSSR count). The summed E-state index contributed by atoms with van der Waals surface area (Å²) in [6, 6.07) is 13.5. The monoisotopic (exact) mass is 489 g/mol. The normalized spacial score (nSPS) is 11.3. The van der Waals surface area contributed by atoms with Gasteiger partial charge in [0.15, 0.2) is 5.65 Å². The van der Waals surface area contributed by atoms with Crippen LogP contribution >= 0.6 is 0 Å². The minimum Gasteiger partial charge on any atom is -0.496 e. The molecule has 4 aromatic rings. The number of esters is 1. The van der Waals surface area contributed by atoms with Crippen molar-refractivity contribution in [3.63, 3.8) is 0 Å². The Morgan fingerprint density at radius 3 is 2.34 bits per heavy atom. The Labute approximate surface area is 203 Å². The molecule has 2 aromatic carbocycles. The van der Waals surface area contributed by atoms with Crippen molar-refractivity contribution in [3.8, 4) is 22.9 Å².